The Morgan fingerprint density at radius 1 is 1.58 bits per heavy atom. The van der Waals surface area contributed by atoms with Crippen molar-refractivity contribution in [2.75, 3.05) is 7.11 Å². The maximum Gasteiger partial charge on any atom is 0.250 e. The third kappa shape index (κ3) is 1.94. The number of halogens is 1. The summed E-state index contributed by atoms with van der Waals surface area (Å²) >= 11 is 0. The van der Waals surface area contributed by atoms with Crippen molar-refractivity contribution >= 4 is 0 Å². The smallest absolute Gasteiger partial charge is 0.250 e. The summed E-state index contributed by atoms with van der Waals surface area (Å²) in [6, 6.07) is 1.47. The first-order valence-corrected chi connectivity index (χ1v) is 3.96. The number of hydrogen-bond donors (Lipinski definition) is 0. The molecule has 0 N–H and O–H groups in total. The number of aryl methyl sites for hydroxylation is 1. The molecule has 0 aliphatic rings. The van der Waals surface area contributed by atoms with E-state index in [2.05, 4.69) is 4.98 Å². The van der Waals surface area contributed by atoms with E-state index in [1.807, 2.05) is 6.92 Å². The van der Waals surface area contributed by atoms with Crippen molar-refractivity contribution in [3.8, 4) is 5.88 Å². The highest BCUT2D eigenvalue weighted by atomic mass is 19.1. The first-order chi connectivity index (χ1) is 5.77. The summed E-state index contributed by atoms with van der Waals surface area (Å²) in [4.78, 5) is 3.82. The van der Waals surface area contributed by atoms with Gasteiger partial charge in [0.25, 0.3) is 0 Å². The highest BCUT2D eigenvalue weighted by Gasteiger charge is 2.03. The molecule has 0 aliphatic heterocycles. The largest absolute Gasteiger partial charge is 0.479 e. The predicted molar refractivity (Wildman–Crippen MR) is 44.7 cm³/mol. The summed E-state index contributed by atoms with van der Waals surface area (Å²) in [6.07, 6.45) is 3.49. The van der Waals surface area contributed by atoms with Crippen LogP contribution in [-0.4, -0.2) is 12.1 Å². The first-order valence-electron chi connectivity index (χ1n) is 3.96. The third-order valence-corrected chi connectivity index (χ3v) is 1.60. The van der Waals surface area contributed by atoms with Crippen LogP contribution in [0.4, 0.5) is 4.39 Å². The van der Waals surface area contributed by atoms with Crippen LogP contribution >= 0.6 is 0 Å². The molecule has 1 heterocycles. The lowest BCUT2D eigenvalue weighted by atomic mass is 10.2. The van der Waals surface area contributed by atoms with Gasteiger partial charge in [0.15, 0.2) is 5.82 Å². The Morgan fingerprint density at radius 2 is 2.33 bits per heavy atom. The van der Waals surface area contributed by atoms with Crippen LogP contribution in [-0.2, 0) is 6.42 Å². The van der Waals surface area contributed by atoms with E-state index in [1.54, 1.807) is 6.20 Å². The molecule has 0 saturated carbocycles. The van der Waals surface area contributed by atoms with Crippen molar-refractivity contribution in [2.45, 2.75) is 19.8 Å². The molecule has 0 unspecified atom stereocenters. The minimum atomic E-state index is -0.386. The first kappa shape index (κ1) is 8.97. The molecule has 0 aliphatic carbocycles. The van der Waals surface area contributed by atoms with E-state index in [9.17, 15) is 4.39 Å². The molecule has 3 heteroatoms. The van der Waals surface area contributed by atoms with Gasteiger partial charge in [-0.05, 0) is 18.1 Å². The Bertz CT molecular complexity index is 263. The summed E-state index contributed by atoms with van der Waals surface area (Å²) in [5.74, 6) is -0.321. The molecule has 0 amide bonds. The fourth-order valence-electron chi connectivity index (χ4n) is 1.04. The topological polar surface area (TPSA) is 22.1 Å². The second-order valence-electron chi connectivity index (χ2n) is 2.58. The quantitative estimate of drug-likeness (QED) is 0.691. The Morgan fingerprint density at radius 3 is 2.83 bits per heavy atom. The van der Waals surface area contributed by atoms with Crippen LogP contribution in [0.25, 0.3) is 0 Å². The van der Waals surface area contributed by atoms with Gasteiger partial charge in [-0.25, -0.2) is 9.37 Å². The average molecular weight is 169 g/mol. The number of ether oxygens (including phenoxy) is 1. The molecule has 0 radical (unpaired) electrons. The Kier molecular flexibility index (Phi) is 3.02. The average Bonchev–Trinajstić information content (AvgIpc) is 2.05. The number of aromatic nitrogens is 1. The van der Waals surface area contributed by atoms with Crippen LogP contribution in [0.2, 0.25) is 0 Å². The minimum Gasteiger partial charge on any atom is -0.479 e. The Hall–Kier alpha value is -1.12. The molecule has 2 nitrogen and oxygen atoms in total. The second-order valence-corrected chi connectivity index (χ2v) is 2.58. The SMILES string of the molecule is CCCc1cnc(OC)c(F)c1. The van der Waals surface area contributed by atoms with Crippen LogP contribution in [0.1, 0.15) is 18.9 Å². The van der Waals surface area contributed by atoms with E-state index in [0.29, 0.717) is 0 Å². The van der Waals surface area contributed by atoms with Crippen molar-refractivity contribution in [3.05, 3.63) is 23.6 Å². The van der Waals surface area contributed by atoms with E-state index in [4.69, 9.17) is 4.74 Å². The van der Waals surface area contributed by atoms with Gasteiger partial charge >= 0.3 is 0 Å². The van der Waals surface area contributed by atoms with Crippen LogP contribution in [0.3, 0.4) is 0 Å². The predicted octanol–water partition coefficient (Wildman–Crippen LogP) is 2.18. The minimum absolute atomic E-state index is 0.0647. The molecular formula is C9H12FNO. The van der Waals surface area contributed by atoms with Gasteiger partial charge in [0.05, 0.1) is 7.11 Å². The van der Waals surface area contributed by atoms with Gasteiger partial charge in [-0.15, -0.1) is 0 Å². The van der Waals surface area contributed by atoms with Gasteiger partial charge in [-0.2, -0.15) is 0 Å². The number of hydrogen-bond acceptors (Lipinski definition) is 2. The van der Waals surface area contributed by atoms with E-state index in [-0.39, 0.29) is 11.7 Å². The van der Waals surface area contributed by atoms with Gasteiger partial charge < -0.3 is 4.74 Å². The van der Waals surface area contributed by atoms with Gasteiger partial charge in [0.2, 0.25) is 5.88 Å². The molecule has 1 aromatic rings. The normalized spacial score (nSPS) is 9.92. The van der Waals surface area contributed by atoms with Gasteiger partial charge in [0, 0.05) is 6.20 Å². The summed E-state index contributed by atoms with van der Waals surface area (Å²) in [5, 5.41) is 0. The summed E-state index contributed by atoms with van der Waals surface area (Å²) in [7, 11) is 1.41. The summed E-state index contributed by atoms with van der Waals surface area (Å²) in [5.41, 5.74) is 0.913. The van der Waals surface area contributed by atoms with E-state index in [1.165, 1.54) is 13.2 Å². The lowest BCUT2D eigenvalue weighted by Gasteiger charge is -2.02. The molecule has 12 heavy (non-hydrogen) atoms. The van der Waals surface area contributed by atoms with Crippen molar-refractivity contribution in [1.82, 2.24) is 4.98 Å². The molecular weight excluding hydrogens is 157 g/mol. The van der Waals surface area contributed by atoms with Gasteiger partial charge in [-0.3, -0.25) is 0 Å². The Labute approximate surface area is 71.4 Å². The molecule has 0 aromatic carbocycles. The van der Waals surface area contributed by atoms with Crippen molar-refractivity contribution in [2.24, 2.45) is 0 Å². The molecule has 0 saturated heterocycles. The fourth-order valence-corrected chi connectivity index (χ4v) is 1.04. The molecule has 1 aromatic heterocycles. The maximum atomic E-state index is 13.0. The van der Waals surface area contributed by atoms with Gasteiger partial charge in [0.1, 0.15) is 0 Å². The Balaban J connectivity index is 2.86. The fraction of sp³-hybridized carbons (Fsp3) is 0.444. The number of methoxy groups -OCH3 is 1. The van der Waals surface area contributed by atoms with Crippen molar-refractivity contribution in [3.63, 3.8) is 0 Å². The standard InChI is InChI=1S/C9H12FNO/c1-3-4-7-5-8(10)9(12-2)11-6-7/h5-6H,3-4H2,1-2H3. The van der Waals surface area contributed by atoms with Crippen LogP contribution < -0.4 is 4.74 Å². The van der Waals surface area contributed by atoms with Crippen molar-refractivity contribution in [1.29, 1.82) is 0 Å². The second kappa shape index (κ2) is 4.04. The van der Waals surface area contributed by atoms with E-state index in [0.717, 1.165) is 18.4 Å². The van der Waals surface area contributed by atoms with Gasteiger partial charge in [-0.1, -0.05) is 13.3 Å². The lowest BCUT2D eigenvalue weighted by Crippen LogP contribution is -1.94. The molecule has 0 bridgehead atoms. The zero-order chi connectivity index (χ0) is 8.97. The zero-order valence-corrected chi connectivity index (χ0v) is 7.30. The maximum absolute atomic E-state index is 13.0. The number of nitrogens with zero attached hydrogens (tertiary/aromatic N) is 1. The molecule has 66 valence electrons. The number of rotatable bonds is 3. The number of pyridine rings is 1. The zero-order valence-electron chi connectivity index (χ0n) is 7.30. The third-order valence-electron chi connectivity index (χ3n) is 1.60. The summed E-state index contributed by atoms with van der Waals surface area (Å²) in [6.45, 7) is 2.04. The highest BCUT2D eigenvalue weighted by Crippen LogP contribution is 2.14. The van der Waals surface area contributed by atoms with Crippen LogP contribution in [0.15, 0.2) is 12.3 Å². The van der Waals surface area contributed by atoms with E-state index < -0.39 is 0 Å². The lowest BCUT2D eigenvalue weighted by molar-refractivity contribution is 0.368. The molecule has 0 spiro atoms. The molecule has 0 atom stereocenters. The monoisotopic (exact) mass is 169 g/mol. The van der Waals surface area contributed by atoms with E-state index >= 15 is 0 Å². The summed E-state index contributed by atoms with van der Waals surface area (Å²) < 4.78 is 17.7. The molecule has 0 fully saturated rings. The highest BCUT2D eigenvalue weighted by molar-refractivity contribution is 5.20. The van der Waals surface area contributed by atoms with Crippen LogP contribution in [0, 0.1) is 5.82 Å². The van der Waals surface area contributed by atoms with Crippen molar-refractivity contribution < 1.29 is 9.13 Å². The molecule has 1 rings (SSSR count). The van der Waals surface area contributed by atoms with Crippen LogP contribution in [0.5, 0.6) is 5.88 Å².